The Hall–Kier alpha value is -1.64. The van der Waals surface area contributed by atoms with Gasteiger partial charge in [0.15, 0.2) is 0 Å². The summed E-state index contributed by atoms with van der Waals surface area (Å²) in [6.45, 7) is 4.91. The normalized spacial score (nSPS) is 20.9. The third kappa shape index (κ3) is 0.906. The Morgan fingerprint density at radius 3 is 2.17 bits per heavy atom. The molecular formula is C9H8O3. The van der Waals surface area contributed by atoms with Crippen molar-refractivity contribution in [1.82, 2.24) is 0 Å². The number of rotatable bonds is 1. The highest BCUT2D eigenvalue weighted by Gasteiger charge is 2.33. The highest BCUT2D eigenvalue weighted by atomic mass is 16.3. The molecule has 12 heavy (non-hydrogen) atoms. The van der Waals surface area contributed by atoms with Crippen LogP contribution in [0, 0.1) is 0 Å². The van der Waals surface area contributed by atoms with Crippen LogP contribution < -0.4 is 0 Å². The molecule has 0 aromatic heterocycles. The predicted molar refractivity (Wildman–Crippen MR) is 43.6 cm³/mol. The van der Waals surface area contributed by atoms with E-state index in [-0.39, 0.29) is 16.9 Å². The van der Waals surface area contributed by atoms with Gasteiger partial charge in [0, 0.05) is 0 Å². The van der Waals surface area contributed by atoms with Gasteiger partial charge < -0.3 is 5.11 Å². The average Bonchev–Trinajstić information content (AvgIpc) is 2.25. The lowest BCUT2D eigenvalue weighted by atomic mass is 10.2. The topological polar surface area (TPSA) is 54.4 Å². The standard InChI is InChI=1S/C9H8O3/c1-3-5-7(10)6(4-2)9(12)8(5)11/h3-4,10H,1H2,2H3/b6-4+. The van der Waals surface area contributed by atoms with E-state index in [1.54, 1.807) is 6.92 Å². The van der Waals surface area contributed by atoms with Gasteiger partial charge in [-0.25, -0.2) is 0 Å². The van der Waals surface area contributed by atoms with Crippen LogP contribution in [0.2, 0.25) is 0 Å². The number of ketones is 2. The van der Waals surface area contributed by atoms with Crippen molar-refractivity contribution in [1.29, 1.82) is 0 Å². The fraction of sp³-hybridized carbons (Fsp3) is 0.111. The molecule has 0 amide bonds. The van der Waals surface area contributed by atoms with Gasteiger partial charge in [-0.3, -0.25) is 9.59 Å². The second kappa shape index (κ2) is 2.77. The number of carbonyl (C=O) groups is 2. The molecule has 0 aromatic carbocycles. The zero-order valence-electron chi connectivity index (χ0n) is 6.63. The molecule has 0 atom stereocenters. The molecule has 0 fully saturated rings. The van der Waals surface area contributed by atoms with Gasteiger partial charge in [-0.05, 0) is 6.92 Å². The molecule has 0 saturated carbocycles. The van der Waals surface area contributed by atoms with Gasteiger partial charge in [-0.2, -0.15) is 0 Å². The lowest BCUT2D eigenvalue weighted by Gasteiger charge is -1.91. The molecule has 0 spiro atoms. The minimum Gasteiger partial charge on any atom is -0.506 e. The predicted octanol–water partition coefficient (Wildman–Crippen LogP) is 1.08. The van der Waals surface area contributed by atoms with Gasteiger partial charge in [-0.15, -0.1) is 0 Å². The van der Waals surface area contributed by atoms with E-state index < -0.39 is 11.6 Å². The second-order valence-electron chi connectivity index (χ2n) is 2.33. The van der Waals surface area contributed by atoms with Crippen LogP contribution in [0.25, 0.3) is 0 Å². The van der Waals surface area contributed by atoms with Crippen LogP contribution >= 0.6 is 0 Å². The second-order valence-corrected chi connectivity index (χ2v) is 2.33. The van der Waals surface area contributed by atoms with Gasteiger partial charge in [0.25, 0.3) is 0 Å². The minimum absolute atomic E-state index is 0.00639. The summed E-state index contributed by atoms with van der Waals surface area (Å²) in [4.78, 5) is 22.1. The lowest BCUT2D eigenvalue weighted by molar-refractivity contribution is -0.131. The van der Waals surface area contributed by atoms with Crippen LogP contribution in [0.5, 0.6) is 0 Å². The SMILES string of the molecule is C=CC1=C(O)/C(=C\C)C(=O)C1=O. The summed E-state index contributed by atoms with van der Waals surface area (Å²) >= 11 is 0. The molecule has 1 N–H and O–H groups in total. The van der Waals surface area contributed by atoms with E-state index in [9.17, 15) is 14.7 Å². The number of hydrogen-bond acceptors (Lipinski definition) is 3. The van der Waals surface area contributed by atoms with Gasteiger partial charge in [0.05, 0.1) is 11.1 Å². The van der Waals surface area contributed by atoms with Crippen molar-refractivity contribution in [3.05, 3.63) is 35.6 Å². The number of Topliss-reactive ketones (excluding diaryl/α,β-unsaturated/α-hetero) is 2. The average molecular weight is 164 g/mol. The minimum atomic E-state index is -0.685. The molecule has 0 aliphatic heterocycles. The van der Waals surface area contributed by atoms with Crippen molar-refractivity contribution in [2.24, 2.45) is 0 Å². The fourth-order valence-corrected chi connectivity index (χ4v) is 1.06. The van der Waals surface area contributed by atoms with Gasteiger partial charge >= 0.3 is 0 Å². The smallest absolute Gasteiger partial charge is 0.237 e. The number of aliphatic hydroxyl groups excluding tert-OH is 1. The summed E-state index contributed by atoms with van der Waals surface area (Å²) in [7, 11) is 0. The van der Waals surface area contributed by atoms with Crippen molar-refractivity contribution in [2.75, 3.05) is 0 Å². The molecule has 1 aliphatic carbocycles. The molecule has 3 heteroatoms. The Labute approximate surface area is 69.7 Å². The molecule has 0 unspecified atom stereocenters. The fourth-order valence-electron chi connectivity index (χ4n) is 1.06. The van der Waals surface area contributed by atoms with Crippen molar-refractivity contribution >= 4 is 11.6 Å². The number of hydrogen-bond donors (Lipinski definition) is 1. The first-order valence-electron chi connectivity index (χ1n) is 3.44. The van der Waals surface area contributed by atoms with Crippen molar-refractivity contribution < 1.29 is 14.7 Å². The molecule has 0 heterocycles. The Morgan fingerprint density at radius 1 is 1.33 bits per heavy atom. The molecule has 0 bridgehead atoms. The zero-order valence-corrected chi connectivity index (χ0v) is 6.63. The van der Waals surface area contributed by atoms with E-state index in [2.05, 4.69) is 6.58 Å². The van der Waals surface area contributed by atoms with Crippen LogP contribution in [0.4, 0.5) is 0 Å². The third-order valence-corrected chi connectivity index (χ3v) is 1.70. The zero-order chi connectivity index (χ0) is 9.30. The van der Waals surface area contributed by atoms with E-state index in [1.165, 1.54) is 12.2 Å². The first-order valence-corrected chi connectivity index (χ1v) is 3.44. The van der Waals surface area contributed by atoms with Crippen LogP contribution in [-0.4, -0.2) is 16.7 Å². The number of allylic oxidation sites excluding steroid dienone is 4. The first-order chi connectivity index (χ1) is 5.63. The Balaban J connectivity index is 3.33. The maximum Gasteiger partial charge on any atom is 0.237 e. The summed E-state index contributed by atoms with van der Waals surface area (Å²) < 4.78 is 0. The molecule has 0 saturated heterocycles. The largest absolute Gasteiger partial charge is 0.506 e. The van der Waals surface area contributed by atoms with Crippen molar-refractivity contribution in [3.63, 3.8) is 0 Å². The quantitative estimate of drug-likeness (QED) is 0.466. The van der Waals surface area contributed by atoms with E-state index in [0.29, 0.717) is 0 Å². The van der Waals surface area contributed by atoms with Crippen LogP contribution in [-0.2, 0) is 9.59 Å². The number of aliphatic hydroxyl groups is 1. The van der Waals surface area contributed by atoms with Crippen LogP contribution in [0.3, 0.4) is 0 Å². The molecule has 0 aromatic rings. The lowest BCUT2D eigenvalue weighted by Crippen LogP contribution is -2.08. The summed E-state index contributed by atoms with van der Waals surface area (Å²) in [6, 6.07) is 0. The maximum absolute atomic E-state index is 11.0. The van der Waals surface area contributed by atoms with Crippen LogP contribution in [0.15, 0.2) is 35.6 Å². The Kier molecular flexibility index (Phi) is 1.95. The molecule has 62 valence electrons. The summed E-state index contributed by atoms with van der Waals surface area (Å²) in [5.41, 5.74) is 0.0583. The van der Waals surface area contributed by atoms with Crippen molar-refractivity contribution in [3.8, 4) is 0 Å². The third-order valence-electron chi connectivity index (χ3n) is 1.70. The van der Waals surface area contributed by atoms with Gasteiger partial charge in [0.1, 0.15) is 5.76 Å². The first kappa shape index (κ1) is 8.46. The summed E-state index contributed by atoms with van der Waals surface area (Å²) in [5, 5.41) is 9.29. The maximum atomic E-state index is 11.0. The monoisotopic (exact) mass is 164 g/mol. The Bertz CT molecular complexity index is 332. The molecular weight excluding hydrogens is 156 g/mol. The molecule has 0 radical (unpaired) electrons. The summed E-state index contributed by atoms with van der Waals surface area (Å²) in [6.07, 6.45) is 2.60. The molecule has 3 nitrogen and oxygen atoms in total. The van der Waals surface area contributed by atoms with Crippen molar-refractivity contribution in [2.45, 2.75) is 6.92 Å². The van der Waals surface area contributed by atoms with E-state index in [4.69, 9.17) is 0 Å². The van der Waals surface area contributed by atoms with E-state index in [0.717, 1.165) is 0 Å². The Morgan fingerprint density at radius 2 is 1.92 bits per heavy atom. The highest BCUT2D eigenvalue weighted by molar-refractivity contribution is 6.53. The number of carbonyl (C=O) groups excluding carboxylic acids is 2. The van der Waals surface area contributed by atoms with E-state index >= 15 is 0 Å². The summed E-state index contributed by atoms with van der Waals surface area (Å²) in [5.74, 6) is -1.61. The molecule has 1 aliphatic rings. The molecule has 1 rings (SSSR count). The van der Waals surface area contributed by atoms with Gasteiger partial charge in [-0.1, -0.05) is 18.7 Å². The van der Waals surface area contributed by atoms with Gasteiger partial charge in [0.2, 0.25) is 11.6 Å². The van der Waals surface area contributed by atoms with E-state index in [1.807, 2.05) is 0 Å². The highest BCUT2D eigenvalue weighted by Crippen LogP contribution is 2.23. The van der Waals surface area contributed by atoms with Crippen LogP contribution in [0.1, 0.15) is 6.92 Å².